The normalized spacial score (nSPS) is 14.2. The molecule has 10 heteroatoms. The van der Waals surface area contributed by atoms with Crippen molar-refractivity contribution < 1.29 is 9.59 Å². The topological polar surface area (TPSA) is 96.6 Å². The third kappa shape index (κ3) is 4.04. The summed E-state index contributed by atoms with van der Waals surface area (Å²) in [7, 11) is 0. The van der Waals surface area contributed by atoms with E-state index in [1.807, 2.05) is 54.6 Å². The van der Waals surface area contributed by atoms with Gasteiger partial charge in [-0.3, -0.25) is 14.6 Å². The van der Waals surface area contributed by atoms with Gasteiger partial charge in [-0.2, -0.15) is 9.61 Å². The largest absolute Gasteiger partial charge is 0.331 e. The number of hydrogen-bond acceptors (Lipinski definition) is 7. The average molecular weight is 446 g/mol. The lowest BCUT2D eigenvalue weighted by atomic mass is 10.2. The molecule has 2 amide bonds. The first kappa shape index (κ1) is 20.1. The number of rotatable bonds is 5. The molecule has 5 rings (SSSR count). The molecule has 1 aliphatic heterocycles. The maximum Gasteiger partial charge on any atom is 0.246 e. The summed E-state index contributed by atoms with van der Waals surface area (Å²) in [5, 5.41) is 13.6. The fourth-order valence-electron chi connectivity index (χ4n) is 3.52. The van der Waals surface area contributed by atoms with Crippen molar-refractivity contribution in [2.24, 2.45) is 0 Å². The van der Waals surface area contributed by atoms with Crippen LogP contribution in [-0.4, -0.2) is 66.9 Å². The van der Waals surface area contributed by atoms with Crippen molar-refractivity contribution in [2.45, 2.75) is 5.03 Å². The number of nitrogens with zero attached hydrogens (tertiary/aromatic N) is 7. The summed E-state index contributed by atoms with van der Waals surface area (Å²) in [6, 6.07) is 16.9. The van der Waals surface area contributed by atoms with E-state index in [1.54, 1.807) is 26.7 Å². The number of hydrogen-bond donors (Lipinski definition) is 0. The van der Waals surface area contributed by atoms with Gasteiger partial charge in [0.25, 0.3) is 0 Å². The van der Waals surface area contributed by atoms with Gasteiger partial charge in [-0.05, 0) is 36.4 Å². The van der Waals surface area contributed by atoms with E-state index in [2.05, 4.69) is 20.3 Å². The second kappa shape index (κ2) is 8.75. The van der Waals surface area contributed by atoms with Gasteiger partial charge in [-0.1, -0.05) is 30.0 Å². The van der Waals surface area contributed by atoms with Crippen LogP contribution in [0.3, 0.4) is 0 Å². The van der Waals surface area contributed by atoms with E-state index in [9.17, 15) is 9.59 Å². The molecule has 160 valence electrons. The van der Waals surface area contributed by atoms with Gasteiger partial charge in [-0.15, -0.1) is 10.2 Å². The molecule has 0 aliphatic carbocycles. The predicted octanol–water partition coefficient (Wildman–Crippen LogP) is 2.15. The van der Waals surface area contributed by atoms with Crippen molar-refractivity contribution in [1.82, 2.24) is 29.7 Å². The second-order valence-corrected chi connectivity index (χ2v) is 8.19. The van der Waals surface area contributed by atoms with E-state index in [0.29, 0.717) is 29.6 Å². The molecule has 9 nitrogen and oxygen atoms in total. The van der Waals surface area contributed by atoms with Crippen LogP contribution < -0.4 is 4.90 Å². The number of para-hydroxylation sites is 1. The SMILES string of the molecule is O=C(CSc1ccc2nnc(-c3cccnc3)n2n1)N1CCN(c2ccccc2)C(=O)C1. The van der Waals surface area contributed by atoms with Crippen LogP contribution >= 0.6 is 11.8 Å². The summed E-state index contributed by atoms with van der Waals surface area (Å²) < 4.78 is 1.64. The molecule has 0 spiro atoms. The molecular weight excluding hydrogens is 426 g/mol. The molecule has 1 aromatic carbocycles. The number of benzene rings is 1. The summed E-state index contributed by atoms with van der Waals surface area (Å²) >= 11 is 1.32. The molecular formula is C22H19N7O2S. The number of amides is 2. The van der Waals surface area contributed by atoms with E-state index < -0.39 is 0 Å². The molecule has 1 saturated heterocycles. The number of fused-ring (bicyclic) bond motifs is 1. The van der Waals surface area contributed by atoms with Crippen molar-refractivity contribution >= 4 is 34.9 Å². The summed E-state index contributed by atoms with van der Waals surface area (Å²) in [5.41, 5.74) is 2.28. The molecule has 0 saturated carbocycles. The van der Waals surface area contributed by atoms with Crippen LogP contribution in [0.2, 0.25) is 0 Å². The molecule has 1 fully saturated rings. The monoisotopic (exact) mass is 445 g/mol. The minimum absolute atomic E-state index is 0.0778. The minimum Gasteiger partial charge on any atom is -0.331 e. The number of pyridine rings is 1. The molecule has 3 aromatic heterocycles. The molecule has 0 radical (unpaired) electrons. The van der Waals surface area contributed by atoms with Crippen molar-refractivity contribution in [3.63, 3.8) is 0 Å². The highest BCUT2D eigenvalue weighted by Gasteiger charge is 2.28. The lowest BCUT2D eigenvalue weighted by Gasteiger charge is -2.34. The molecule has 0 N–H and O–H groups in total. The van der Waals surface area contributed by atoms with Gasteiger partial charge in [0.05, 0.1) is 5.75 Å². The first-order valence-electron chi connectivity index (χ1n) is 10.1. The van der Waals surface area contributed by atoms with Gasteiger partial charge in [0.2, 0.25) is 11.8 Å². The Morgan fingerprint density at radius 2 is 1.88 bits per heavy atom. The highest BCUT2D eigenvalue weighted by atomic mass is 32.2. The van der Waals surface area contributed by atoms with Crippen LogP contribution in [0, 0.1) is 0 Å². The Kier molecular flexibility index (Phi) is 5.51. The van der Waals surface area contributed by atoms with E-state index >= 15 is 0 Å². The Morgan fingerprint density at radius 1 is 1.00 bits per heavy atom. The summed E-state index contributed by atoms with van der Waals surface area (Å²) in [6.45, 7) is 1.07. The van der Waals surface area contributed by atoms with Crippen molar-refractivity contribution in [3.05, 3.63) is 67.0 Å². The Morgan fingerprint density at radius 3 is 2.66 bits per heavy atom. The van der Waals surface area contributed by atoms with E-state index in [4.69, 9.17) is 0 Å². The van der Waals surface area contributed by atoms with Crippen LogP contribution in [0.5, 0.6) is 0 Å². The van der Waals surface area contributed by atoms with Crippen LogP contribution in [0.4, 0.5) is 5.69 Å². The summed E-state index contributed by atoms with van der Waals surface area (Å²) in [4.78, 5) is 32.7. The maximum atomic E-state index is 12.7. The van der Waals surface area contributed by atoms with Crippen molar-refractivity contribution in [2.75, 3.05) is 30.3 Å². The van der Waals surface area contributed by atoms with Gasteiger partial charge >= 0.3 is 0 Å². The fourth-order valence-corrected chi connectivity index (χ4v) is 4.28. The number of carbonyl (C=O) groups is 2. The minimum atomic E-state index is -0.0887. The Hall–Kier alpha value is -3.79. The van der Waals surface area contributed by atoms with Gasteiger partial charge in [0.15, 0.2) is 11.5 Å². The van der Waals surface area contributed by atoms with E-state index in [1.165, 1.54) is 11.8 Å². The number of anilines is 1. The fraction of sp³-hybridized carbons (Fsp3) is 0.182. The molecule has 32 heavy (non-hydrogen) atoms. The van der Waals surface area contributed by atoms with Crippen LogP contribution in [0.15, 0.2) is 72.0 Å². The van der Waals surface area contributed by atoms with Gasteiger partial charge in [0.1, 0.15) is 11.6 Å². The molecule has 0 atom stereocenters. The highest BCUT2D eigenvalue weighted by molar-refractivity contribution is 7.99. The highest BCUT2D eigenvalue weighted by Crippen LogP contribution is 2.21. The Bertz CT molecular complexity index is 1260. The standard InChI is InChI=1S/C22H19N7O2S/c30-20-14-27(11-12-28(20)17-6-2-1-3-7-17)21(31)15-32-19-9-8-18-24-25-22(29(18)26-19)16-5-4-10-23-13-16/h1-10,13H,11-12,14-15H2. The second-order valence-electron chi connectivity index (χ2n) is 7.19. The Labute approximate surface area is 188 Å². The van der Waals surface area contributed by atoms with Gasteiger partial charge in [-0.25, -0.2) is 0 Å². The third-order valence-corrected chi connectivity index (χ3v) is 6.05. The van der Waals surface area contributed by atoms with Crippen LogP contribution in [0.1, 0.15) is 0 Å². The van der Waals surface area contributed by atoms with Gasteiger partial charge < -0.3 is 9.80 Å². The number of piperazine rings is 1. The first-order valence-corrected chi connectivity index (χ1v) is 11.1. The number of aromatic nitrogens is 5. The smallest absolute Gasteiger partial charge is 0.246 e. The maximum absolute atomic E-state index is 12.7. The first-order chi connectivity index (χ1) is 15.7. The van der Waals surface area contributed by atoms with E-state index in [0.717, 1.165) is 11.3 Å². The molecule has 0 unspecified atom stereocenters. The van der Waals surface area contributed by atoms with Crippen LogP contribution in [0.25, 0.3) is 17.0 Å². The summed E-state index contributed by atoms with van der Waals surface area (Å²) in [5.74, 6) is 0.617. The number of thioether (sulfide) groups is 1. The number of carbonyl (C=O) groups excluding carboxylic acids is 2. The zero-order valence-corrected chi connectivity index (χ0v) is 17.9. The average Bonchev–Trinajstić information content (AvgIpc) is 3.27. The molecule has 4 aromatic rings. The van der Waals surface area contributed by atoms with E-state index in [-0.39, 0.29) is 24.1 Å². The zero-order valence-electron chi connectivity index (χ0n) is 17.0. The third-order valence-electron chi connectivity index (χ3n) is 5.14. The molecule has 4 heterocycles. The Balaban J connectivity index is 1.24. The molecule has 1 aliphatic rings. The summed E-state index contributed by atoms with van der Waals surface area (Å²) in [6.07, 6.45) is 3.39. The van der Waals surface area contributed by atoms with Crippen molar-refractivity contribution in [3.8, 4) is 11.4 Å². The lowest BCUT2D eigenvalue weighted by Crippen LogP contribution is -2.52. The zero-order chi connectivity index (χ0) is 21.9. The molecule has 0 bridgehead atoms. The van der Waals surface area contributed by atoms with Gasteiger partial charge in [0, 0.05) is 36.7 Å². The predicted molar refractivity (Wildman–Crippen MR) is 120 cm³/mol. The lowest BCUT2D eigenvalue weighted by molar-refractivity contribution is -0.134. The van der Waals surface area contributed by atoms with Crippen LogP contribution in [-0.2, 0) is 9.59 Å². The van der Waals surface area contributed by atoms with Crippen molar-refractivity contribution in [1.29, 1.82) is 0 Å². The quantitative estimate of drug-likeness (QED) is 0.434.